The number of nitrogens with zero attached hydrogens (tertiary/aromatic N) is 4. The Balaban J connectivity index is 1.48. The van der Waals surface area contributed by atoms with E-state index in [1.54, 1.807) is 0 Å². The van der Waals surface area contributed by atoms with Gasteiger partial charge in [0.05, 0.1) is 19.7 Å². The molecule has 1 unspecified atom stereocenters. The summed E-state index contributed by atoms with van der Waals surface area (Å²) in [7, 11) is 0. The molecule has 4 rings (SSSR count). The maximum absolute atomic E-state index is 5.92. The molecule has 2 aromatic rings. The van der Waals surface area contributed by atoms with Gasteiger partial charge in [0.1, 0.15) is 23.4 Å². The number of aryl methyl sites for hydroxylation is 1. The molecule has 0 aliphatic carbocycles. The fourth-order valence-corrected chi connectivity index (χ4v) is 3.91. The molecule has 8 heteroatoms. The molecule has 0 amide bonds. The van der Waals surface area contributed by atoms with E-state index in [9.17, 15) is 0 Å². The highest BCUT2D eigenvalue weighted by molar-refractivity contribution is 5.79. The largest absolute Gasteiger partial charge is 0.494 e. The van der Waals surface area contributed by atoms with Crippen molar-refractivity contribution in [3.05, 3.63) is 34.9 Å². The lowest BCUT2D eigenvalue weighted by molar-refractivity contribution is 0.254. The second-order valence-electron chi connectivity index (χ2n) is 7.47. The SMILES string of the molecule is CCNC(=NCc1cc2c(cc1OCC)CC(C)O2)NCc1nnc2n1CCC2. The number of fused-ring (bicyclic) bond motifs is 2. The van der Waals surface area contributed by atoms with Crippen molar-refractivity contribution in [3.63, 3.8) is 0 Å². The standard InChI is InChI=1S/C21H30N6O2/c1-4-22-21(24-13-20-26-25-19-7-6-8-27(19)20)23-12-16-11-18-15(9-14(3)29-18)10-17(16)28-5-2/h10-11,14H,4-9,12-13H2,1-3H3,(H2,22,23,24). The first-order valence-corrected chi connectivity index (χ1v) is 10.6. The van der Waals surface area contributed by atoms with Gasteiger partial charge in [-0.1, -0.05) is 0 Å². The predicted octanol–water partition coefficient (Wildman–Crippen LogP) is 2.20. The fraction of sp³-hybridized carbons (Fsp3) is 0.571. The summed E-state index contributed by atoms with van der Waals surface area (Å²) in [6.45, 7) is 9.67. The molecule has 2 N–H and O–H groups in total. The Bertz CT molecular complexity index is 892. The summed E-state index contributed by atoms with van der Waals surface area (Å²) >= 11 is 0. The van der Waals surface area contributed by atoms with Crippen molar-refractivity contribution in [2.45, 2.75) is 65.8 Å². The van der Waals surface area contributed by atoms with Crippen LogP contribution >= 0.6 is 0 Å². The van der Waals surface area contributed by atoms with E-state index >= 15 is 0 Å². The maximum Gasteiger partial charge on any atom is 0.191 e. The molecule has 0 saturated carbocycles. The van der Waals surface area contributed by atoms with Crippen LogP contribution in [-0.2, 0) is 32.5 Å². The zero-order valence-electron chi connectivity index (χ0n) is 17.5. The second-order valence-corrected chi connectivity index (χ2v) is 7.47. The quantitative estimate of drug-likeness (QED) is 0.549. The average Bonchev–Trinajstić information content (AvgIpc) is 3.39. The normalized spacial score (nSPS) is 17.6. The van der Waals surface area contributed by atoms with Gasteiger partial charge in [-0.2, -0.15) is 0 Å². The van der Waals surface area contributed by atoms with Crippen LogP contribution in [0.25, 0.3) is 0 Å². The van der Waals surface area contributed by atoms with Crippen molar-refractivity contribution in [3.8, 4) is 11.5 Å². The molecule has 0 saturated heterocycles. The summed E-state index contributed by atoms with van der Waals surface area (Å²) in [5.41, 5.74) is 2.24. The lowest BCUT2D eigenvalue weighted by Crippen LogP contribution is -2.37. The number of hydrogen-bond donors (Lipinski definition) is 2. The van der Waals surface area contributed by atoms with E-state index in [-0.39, 0.29) is 6.10 Å². The molecule has 1 atom stereocenters. The zero-order chi connectivity index (χ0) is 20.2. The van der Waals surface area contributed by atoms with E-state index in [1.165, 1.54) is 5.56 Å². The highest BCUT2D eigenvalue weighted by Crippen LogP contribution is 2.35. The van der Waals surface area contributed by atoms with Crippen molar-refractivity contribution in [1.82, 2.24) is 25.4 Å². The van der Waals surface area contributed by atoms with E-state index in [2.05, 4.69) is 51.4 Å². The molecule has 0 bridgehead atoms. The molecule has 2 aliphatic rings. The molecule has 0 radical (unpaired) electrons. The van der Waals surface area contributed by atoms with Crippen molar-refractivity contribution >= 4 is 5.96 Å². The van der Waals surface area contributed by atoms with Gasteiger partial charge in [0.2, 0.25) is 0 Å². The molecule has 0 spiro atoms. The third-order valence-electron chi connectivity index (χ3n) is 5.23. The summed E-state index contributed by atoms with van der Waals surface area (Å²) in [6, 6.07) is 4.18. The first kappa shape index (κ1) is 19.5. The van der Waals surface area contributed by atoms with Gasteiger partial charge >= 0.3 is 0 Å². The molecular weight excluding hydrogens is 368 g/mol. The number of rotatable bonds is 7. The van der Waals surface area contributed by atoms with Gasteiger partial charge in [0.15, 0.2) is 11.8 Å². The Morgan fingerprint density at radius 2 is 2.21 bits per heavy atom. The summed E-state index contributed by atoms with van der Waals surface area (Å²) < 4.78 is 14.0. The average molecular weight is 399 g/mol. The molecule has 156 valence electrons. The van der Waals surface area contributed by atoms with Crippen LogP contribution in [0.5, 0.6) is 11.5 Å². The van der Waals surface area contributed by atoms with Gasteiger partial charge in [-0.15, -0.1) is 10.2 Å². The number of nitrogens with one attached hydrogen (secondary N) is 2. The van der Waals surface area contributed by atoms with Crippen molar-refractivity contribution < 1.29 is 9.47 Å². The van der Waals surface area contributed by atoms with Crippen LogP contribution in [0.3, 0.4) is 0 Å². The van der Waals surface area contributed by atoms with Gasteiger partial charge in [0.25, 0.3) is 0 Å². The van der Waals surface area contributed by atoms with Gasteiger partial charge < -0.3 is 24.7 Å². The molecule has 3 heterocycles. The van der Waals surface area contributed by atoms with Gasteiger partial charge in [-0.05, 0) is 39.3 Å². The van der Waals surface area contributed by atoms with Gasteiger partial charge in [-0.3, -0.25) is 0 Å². The summed E-state index contributed by atoms with van der Waals surface area (Å²) in [6.07, 6.45) is 3.29. The Morgan fingerprint density at radius 3 is 3.03 bits per heavy atom. The van der Waals surface area contributed by atoms with Crippen LogP contribution in [0.2, 0.25) is 0 Å². The molecule has 8 nitrogen and oxygen atoms in total. The molecule has 0 fully saturated rings. The Labute approximate surface area is 171 Å². The Morgan fingerprint density at radius 1 is 1.31 bits per heavy atom. The van der Waals surface area contributed by atoms with E-state index < -0.39 is 0 Å². The van der Waals surface area contributed by atoms with Crippen LogP contribution < -0.4 is 20.1 Å². The number of aliphatic imine (C=N–C) groups is 1. The van der Waals surface area contributed by atoms with Crippen LogP contribution in [-0.4, -0.2) is 40.0 Å². The monoisotopic (exact) mass is 398 g/mol. The highest BCUT2D eigenvalue weighted by atomic mass is 16.5. The third-order valence-corrected chi connectivity index (χ3v) is 5.23. The lowest BCUT2D eigenvalue weighted by atomic mass is 10.1. The van der Waals surface area contributed by atoms with E-state index in [0.29, 0.717) is 19.7 Å². The minimum atomic E-state index is 0.210. The number of aromatic nitrogens is 3. The van der Waals surface area contributed by atoms with Crippen molar-refractivity contribution in [2.75, 3.05) is 13.2 Å². The zero-order valence-corrected chi connectivity index (χ0v) is 17.5. The van der Waals surface area contributed by atoms with Crippen LogP contribution in [0.4, 0.5) is 0 Å². The molecule has 1 aromatic carbocycles. The lowest BCUT2D eigenvalue weighted by Gasteiger charge is -2.14. The number of hydrogen-bond acceptors (Lipinski definition) is 5. The third kappa shape index (κ3) is 4.31. The van der Waals surface area contributed by atoms with Crippen LogP contribution in [0.1, 0.15) is 50.0 Å². The molecule has 1 aromatic heterocycles. The first-order chi connectivity index (χ1) is 14.2. The number of ether oxygens (including phenoxy) is 2. The summed E-state index contributed by atoms with van der Waals surface area (Å²) in [5, 5.41) is 15.3. The summed E-state index contributed by atoms with van der Waals surface area (Å²) in [5.74, 6) is 4.62. The first-order valence-electron chi connectivity index (χ1n) is 10.6. The van der Waals surface area contributed by atoms with Crippen LogP contribution in [0, 0.1) is 0 Å². The topological polar surface area (TPSA) is 85.6 Å². The molecule has 29 heavy (non-hydrogen) atoms. The Kier molecular flexibility index (Phi) is 5.87. The van der Waals surface area contributed by atoms with Gasteiger partial charge in [0, 0.05) is 37.1 Å². The van der Waals surface area contributed by atoms with E-state index in [1.807, 2.05) is 6.92 Å². The molecule has 2 aliphatic heterocycles. The summed E-state index contributed by atoms with van der Waals surface area (Å²) in [4.78, 5) is 4.77. The second kappa shape index (κ2) is 8.71. The maximum atomic E-state index is 5.92. The predicted molar refractivity (Wildman–Crippen MR) is 111 cm³/mol. The Hall–Kier alpha value is -2.77. The minimum Gasteiger partial charge on any atom is -0.494 e. The highest BCUT2D eigenvalue weighted by Gasteiger charge is 2.22. The minimum absolute atomic E-state index is 0.210. The number of benzene rings is 1. The number of guanidine groups is 1. The van der Waals surface area contributed by atoms with E-state index in [4.69, 9.17) is 14.5 Å². The van der Waals surface area contributed by atoms with Gasteiger partial charge in [-0.25, -0.2) is 4.99 Å². The van der Waals surface area contributed by atoms with Crippen molar-refractivity contribution in [2.24, 2.45) is 4.99 Å². The van der Waals surface area contributed by atoms with Crippen LogP contribution in [0.15, 0.2) is 17.1 Å². The fourth-order valence-electron chi connectivity index (χ4n) is 3.91. The van der Waals surface area contributed by atoms with E-state index in [0.717, 1.165) is 67.0 Å². The molecular formula is C21H30N6O2. The smallest absolute Gasteiger partial charge is 0.191 e. The van der Waals surface area contributed by atoms with Crippen molar-refractivity contribution in [1.29, 1.82) is 0 Å².